The summed E-state index contributed by atoms with van der Waals surface area (Å²) in [6.07, 6.45) is 32.0. The summed E-state index contributed by atoms with van der Waals surface area (Å²) >= 11 is 2.79. The molecule has 4 atom stereocenters. The van der Waals surface area contributed by atoms with Crippen LogP contribution in [-0.2, 0) is 0 Å². The molecule has 0 aromatic rings. The lowest BCUT2D eigenvalue weighted by Crippen LogP contribution is -2.27. The second-order valence-corrected chi connectivity index (χ2v) is 12.9. The highest BCUT2D eigenvalue weighted by molar-refractivity contribution is 14.1. The maximum atomic E-state index is 2.79. The second-order valence-electron chi connectivity index (χ2n) is 11.3. The molecule has 1 rings (SSSR count). The van der Waals surface area contributed by atoms with Crippen LogP contribution in [0.25, 0.3) is 0 Å². The summed E-state index contributed by atoms with van der Waals surface area (Å²) < 4.78 is 0.966. The molecule has 192 valence electrons. The standard InChI is InChI=1S/C30H60IN/c1-5-7-9-11-12-15-19-23-28(32(3)4)24-20-16-13-17-21-25-30(31)29-26-27(29)22-18-14-10-8-6-2/h27-30H,5-26H2,1-4H3/t27-,28?,29+,30?/m0/s1. The van der Waals surface area contributed by atoms with E-state index in [0.717, 1.165) is 21.8 Å². The van der Waals surface area contributed by atoms with E-state index in [1.54, 1.807) is 6.42 Å². The van der Waals surface area contributed by atoms with Gasteiger partial charge in [-0.1, -0.05) is 152 Å². The fourth-order valence-electron chi connectivity index (χ4n) is 5.52. The molecule has 0 aliphatic heterocycles. The molecule has 0 heterocycles. The van der Waals surface area contributed by atoms with E-state index in [4.69, 9.17) is 0 Å². The molecule has 2 heteroatoms. The van der Waals surface area contributed by atoms with Crippen molar-refractivity contribution in [3.8, 4) is 0 Å². The van der Waals surface area contributed by atoms with Crippen LogP contribution in [0.1, 0.15) is 155 Å². The van der Waals surface area contributed by atoms with Gasteiger partial charge in [0.2, 0.25) is 0 Å². The van der Waals surface area contributed by atoms with Crippen LogP contribution < -0.4 is 0 Å². The maximum Gasteiger partial charge on any atom is 0.0141 e. The smallest absolute Gasteiger partial charge is 0.0141 e. The lowest BCUT2D eigenvalue weighted by molar-refractivity contribution is 0.251. The number of rotatable bonds is 24. The molecule has 1 aliphatic carbocycles. The maximum absolute atomic E-state index is 2.79. The van der Waals surface area contributed by atoms with Crippen LogP contribution in [0.5, 0.6) is 0 Å². The summed E-state index contributed by atoms with van der Waals surface area (Å²) in [5.74, 6) is 2.17. The monoisotopic (exact) mass is 561 g/mol. The van der Waals surface area contributed by atoms with Crippen LogP contribution in [0, 0.1) is 11.8 Å². The van der Waals surface area contributed by atoms with Crippen LogP contribution in [-0.4, -0.2) is 29.0 Å². The number of hydrogen-bond donors (Lipinski definition) is 0. The summed E-state index contributed by atoms with van der Waals surface area (Å²) in [6, 6.07) is 0.818. The van der Waals surface area contributed by atoms with Gasteiger partial charge in [-0.05, 0) is 51.6 Å². The van der Waals surface area contributed by atoms with E-state index < -0.39 is 0 Å². The van der Waals surface area contributed by atoms with Crippen LogP contribution in [0.4, 0.5) is 0 Å². The molecule has 0 saturated heterocycles. The highest BCUT2D eigenvalue weighted by atomic mass is 127. The third kappa shape index (κ3) is 16.3. The van der Waals surface area contributed by atoms with Gasteiger partial charge in [0, 0.05) is 9.97 Å². The number of alkyl halides is 1. The molecule has 32 heavy (non-hydrogen) atoms. The normalized spacial score (nSPS) is 20.1. The zero-order valence-electron chi connectivity index (χ0n) is 22.7. The van der Waals surface area contributed by atoms with Gasteiger partial charge in [0.15, 0.2) is 0 Å². The molecule has 1 fully saturated rings. The van der Waals surface area contributed by atoms with Gasteiger partial charge in [-0.2, -0.15) is 0 Å². The van der Waals surface area contributed by atoms with Crippen LogP contribution in [0.2, 0.25) is 0 Å². The van der Waals surface area contributed by atoms with Crippen molar-refractivity contribution in [1.29, 1.82) is 0 Å². The summed E-state index contributed by atoms with van der Waals surface area (Å²) in [6.45, 7) is 4.62. The van der Waals surface area contributed by atoms with Gasteiger partial charge in [-0.15, -0.1) is 0 Å². The van der Waals surface area contributed by atoms with E-state index >= 15 is 0 Å². The Bertz CT molecular complexity index is 396. The van der Waals surface area contributed by atoms with Crippen molar-refractivity contribution in [3.05, 3.63) is 0 Å². The van der Waals surface area contributed by atoms with Gasteiger partial charge in [0.05, 0.1) is 0 Å². The molecule has 0 aromatic heterocycles. The highest BCUT2D eigenvalue weighted by Crippen LogP contribution is 2.48. The van der Waals surface area contributed by atoms with Crippen molar-refractivity contribution in [3.63, 3.8) is 0 Å². The molecule has 2 unspecified atom stereocenters. The van der Waals surface area contributed by atoms with Crippen molar-refractivity contribution < 1.29 is 0 Å². The Balaban J connectivity index is 1.93. The van der Waals surface area contributed by atoms with E-state index in [1.165, 1.54) is 135 Å². The molecule has 0 amide bonds. The first kappa shape index (κ1) is 30.7. The predicted molar refractivity (Wildman–Crippen MR) is 155 cm³/mol. The minimum Gasteiger partial charge on any atom is -0.306 e. The van der Waals surface area contributed by atoms with E-state index in [9.17, 15) is 0 Å². The first-order valence-electron chi connectivity index (χ1n) is 14.9. The molecule has 1 nitrogen and oxygen atoms in total. The molecular formula is C30H60IN. The van der Waals surface area contributed by atoms with Crippen LogP contribution in [0.15, 0.2) is 0 Å². The van der Waals surface area contributed by atoms with E-state index in [0.29, 0.717) is 0 Å². The zero-order chi connectivity index (χ0) is 23.4. The minimum atomic E-state index is 0.818. The summed E-state index contributed by atoms with van der Waals surface area (Å²) in [4.78, 5) is 2.49. The van der Waals surface area contributed by atoms with Crippen molar-refractivity contribution >= 4 is 22.6 Å². The minimum absolute atomic E-state index is 0.818. The van der Waals surface area contributed by atoms with E-state index in [-0.39, 0.29) is 0 Å². The third-order valence-electron chi connectivity index (χ3n) is 8.01. The van der Waals surface area contributed by atoms with Crippen LogP contribution >= 0.6 is 22.6 Å². The Labute approximate surface area is 217 Å². The van der Waals surface area contributed by atoms with Crippen molar-refractivity contribution in [2.75, 3.05) is 14.1 Å². The van der Waals surface area contributed by atoms with Gasteiger partial charge in [0.25, 0.3) is 0 Å². The Morgan fingerprint density at radius 1 is 0.625 bits per heavy atom. The molecule has 0 radical (unpaired) electrons. The highest BCUT2D eigenvalue weighted by Gasteiger charge is 2.40. The lowest BCUT2D eigenvalue weighted by atomic mass is 9.99. The third-order valence-corrected chi connectivity index (χ3v) is 9.56. The van der Waals surface area contributed by atoms with Crippen molar-refractivity contribution in [2.45, 2.75) is 165 Å². The quantitative estimate of drug-likeness (QED) is 0.0644. The Kier molecular flexibility index (Phi) is 20.2. The molecular weight excluding hydrogens is 501 g/mol. The van der Waals surface area contributed by atoms with E-state index in [2.05, 4.69) is 55.4 Å². The number of unbranched alkanes of at least 4 members (excludes halogenated alkanes) is 14. The fraction of sp³-hybridized carbons (Fsp3) is 1.00. The second kappa shape index (κ2) is 21.0. The summed E-state index contributed by atoms with van der Waals surface area (Å²) in [5.41, 5.74) is 0. The molecule has 0 aromatic carbocycles. The SMILES string of the molecule is CCCCCCCCCC(CCCCCCCC(I)[C@@H]1C[C@@H]1CCCCCCC)N(C)C. The first-order valence-corrected chi connectivity index (χ1v) is 16.1. The van der Waals surface area contributed by atoms with Crippen LogP contribution in [0.3, 0.4) is 0 Å². The zero-order valence-corrected chi connectivity index (χ0v) is 24.8. The van der Waals surface area contributed by atoms with Gasteiger partial charge in [-0.3, -0.25) is 0 Å². The number of halogens is 1. The average Bonchev–Trinajstić information content (AvgIpc) is 3.55. The van der Waals surface area contributed by atoms with Gasteiger partial charge < -0.3 is 4.90 Å². The predicted octanol–water partition coefficient (Wildman–Crippen LogP) is 10.6. The fourth-order valence-corrected chi connectivity index (χ4v) is 6.84. The Morgan fingerprint density at radius 3 is 1.56 bits per heavy atom. The van der Waals surface area contributed by atoms with E-state index in [1.807, 2.05) is 0 Å². The lowest BCUT2D eigenvalue weighted by Gasteiger charge is -2.24. The molecule has 0 bridgehead atoms. The van der Waals surface area contributed by atoms with Crippen molar-refractivity contribution in [2.24, 2.45) is 11.8 Å². The number of hydrogen-bond acceptors (Lipinski definition) is 1. The van der Waals surface area contributed by atoms with Crippen molar-refractivity contribution in [1.82, 2.24) is 4.90 Å². The topological polar surface area (TPSA) is 3.24 Å². The Morgan fingerprint density at radius 2 is 1.06 bits per heavy atom. The number of nitrogens with zero attached hydrogens (tertiary/aromatic N) is 1. The average molecular weight is 562 g/mol. The molecule has 0 N–H and O–H groups in total. The molecule has 0 spiro atoms. The molecule has 1 aliphatic rings. The summed E-state index contributed by atoms with van der Waals surface area (Å²) in [5, 5.41) is 0. The molecule has 1 saturated carbocycles. The largest absolute Gasteiger partial charge is 0.306 e. The Hall–Kier alpha value is 0.690. The summed E-state index contributed by atoms with van der Waals surface area (Å²) in [7, 11) is 4.59. The first-order chi connectivity index (χ1) is 15.6. The van der Waals surface area contributed by atoms with Gasteiger partial charge in [0.1, 0.15) is 0 Å². The van der Waals surface area contributed by atoms with Gasteiger partial charge in [-0.25, -0.2) is 0 Å². The van der Waals surface area contributed by atoms with Gasteiger partial charge >= 0.3 is 0 Å².